The molecule has 1 aliphatic heterocycles. The minimum absolute atomic E-state index is 0.383. The number of carbonyl (C=O) groups is 1. The number of nitrogens with zero attached hydrogens (tertiary/aromatic N) is 1. The van der Waals surface area contributed by atoms with Crippen molar-refractivity contribution in [3.8, 4) is 0 Å². The number of hydrogen-bond donors (Lipinski definition) is 0. The van der Waals surface area contributed by atoms with Crippen molar-refractivity contribution in [3.63, 3.8) is 0 Å². The van der Waals surface area contributed by atoms with E-state index in [0.29, 0.717) is 16.7 Å². The van der Waals surface area contributed by atoms with Crippen LogP contribution in [0.4, 0.5) is 0 Å². The summed E-state index contributed by atoms with van der Waals surface area (Å²) < 4.78 is 0. The molecule has 2 aliphatic rings. The van der Waals surface area contributed by atoms with Crippen molar-refractivity contribution in [1.82, 2.24) is 4.90 Å². The smallest absolute Gasteiger partial charge is 0.222 e. The minimum atomic E-state index is 0.383. The highest BCUT2D eigenvalue weighted by Gasteiger charge is 2.40. The Hall–Kier alpha value is -0.530. The molecule has 0 bridgehead atoms. The molecule has 2 heteroatoms. The topological polar surface area (TPSA) is 20.3 Å². The van der Waals surface area contributed by atoms with E-state index in [1.807, 2.05) is 0 Å². The molecular weight excluding hydrogens is 246 g/mol. The highest BCUT2D eigenvalue weighted by molar-refractivity contribution is 5.76. The molecule has 2 nitrogen and oxygen atoms in total. The number of carbonyl (C=O) groups excluding carboxylic acids is 1. The molecule has 0 radical (unpaired) electrons. The van der Waals surface area contributed by atoms with E-state index in [4.69, 9.17) is 0 Å². The Balaban J connectivity index is 2.12. The van der Waals surface area contributed by atoms with Crippen LogP contribution in [-0.4, -0.2) is 23.9 Å². The van der Waals surface area contributed by atoms with Crippen LogP contribution in [-0.2, 0) is 4.79 Å². The van der Waals surface area contributed by atoms with Crippen LogP contribution in [0.15, 0.2) is 0 Å². The van der Waals surface area contributed by atoms with Gasteiger partial charge in [-0.15, -0.1) is 0 Å². The molecular formula is C18H33NO. The van der Waals surface area contributed by atoms with E-state index in [9.17, 15) is 4.79 Å². The second-order valence-electron chi connectivity index (χ2n) is 7.67. The van der Waals surface area contributed by atoms with Gasteiger partial charge in [-0.1, -0.05) is 40.0 Å². The Kier molecular flexibility index (Phi) is 5.14. The first-order chi connectivity index (χ1) is 9.52. The van der Waals surface area contributed by atoms with Gasteiger partial charge in [0.2, 0.25) is 5.91 Å². The van der Waals surface area contributed by atoms with Crippen LogP contribution in [0, 0.1) is 10.8 Å². The molecule has 0 aromatic carbocycles. The van der Waals surface area contributed by atoms with E-state index in [0.717, 1.165) is 25.9 Å². The first kappa shape index (κ1) is 15.9. The molecule has 1 aliphatic carbocycles. The number of rotatable bonds is 4. The van der Waals surface area contributed by atoms with Crippen molar-refractivity contribution in [2.75, 3.05) is 13.1 Å². The molecule has 0 N–H and O–H groups in total. The zero-order valence-electron chi connectivity index (χ0n) is 13.8. The Morgan fingerprint density at radius 3 is 2.45 bits per heavy atom. The van der Waals surface area contributed by atoms with Crippen molar-refractivity contribution in [2.24, 2.45) is 10.8 Å². The summed E-state index contributed by atoms with van der Waals surface area (Å²) in [5.41, 5.74) is 0.875. The van der Waals surface area contributed by atoms with Gasteiger partial charge in [-0.25, -0.2) is 0 Å². The van der Waals surface area contributed by atoms with Gasteiger partial charge in [-0.05, 0) is 49.4 Å². The van der Waals surface area contributed by atoms with E-state index in [1.165, 1.54) is 51.4 Å². The number of likely N-dealkylation sites (tertiary alicyclic amines) is 1. The summed E-state index contributed by atoms with van der Waals surface area (Å²) in [7, 11) is 0. The van der Waals surface area contributed by atoms with Gasteiger partial charge < -0.3 is 4.90 Å². The van der Waals surface area contributed by atoms with Gasteiger partial charge in [0, 0.05) is 19.5 Å². The standard InChI is InChI=1S/C18H33NO/c1-4-17(3)11-7-8-12-18(5-2,14-17)15-19-13-9-6-10-16(19)20/h4-15H2,1-3H3. The zero-order chi connectivity index (χ0) is 14.6. The van der Waals surface area contributed by atoms with Crippen LogP contribution in [0.5, 0.6) is 0 Å². The van der Waals surface area contributed by atoms with E-state index < -0.39 is 0 Å². The summed E-state index contributed by atoms with van der Waals surface area (Å²) >= 11 is 0. The van der Waals surface area contributed by atoms with Gasteiger partial charge >= 0.3 is 0 Å². The third-order valence-electron chi connectivity index (χ3n) is 6.09. The van der Waals surface area contributed by atoms with E-state index in [-0.39, 0.29) is 0 Å². The van der Waals surface area contributed by atoms with Crippen LogP contribution in [0.3, 0.4) is 0 Å². The minimum Gasteiger partial charge on any atom is -0.342 e. The molecule has 116 valence electrons. The monoisotopic (exact) mass is 279 g/mol. The first-order valence-corrected chi connectivity index (χ1v) is 8.80. The lowest BCUT2D eigenvalue weighted by molar-refractivity contribution is -0.135. The number of piperidine rings is 1. The lowest BCUT2D eigenvalue weighted by Crippen LogP contribution is -2.44. The summed E-state index contributed by atoms with van der Waals surface area (Å²) in [5.74, 6) is 0.409. The third-order valence-corrected chi connectivity index (χ3v) is 6.09. The Bertz CT molecular complexity index is 340. The second kappa shape index (κ2) is 6.49. The summed E-state index contributed by atoms with van der Waals surface area (Å²) in [6.45, 7) is 9.19. The molecule has 1 saturated heterocycles. The summed E-state index contributed by atoms with van der Waals surface area (Å²) in [6.07, 6.45) is 12.3. The van der Waals surface area contributed by atoms with Crippen LogP contribution in [0.2, 0.25) is 0 Å². The van der Waals surface area contributed by atoms with Crippen LogP contribution in [0.1, 0.15) is 85.0 Å². The molecule has 1 saturated carbocycles. The predicted molar refractivity (Wildman–Crippen MR) is 84.6 cm³/mol. The maximum atomic E-state index is 12.2. The molecule has 2 fully saturated rings. The molecule has 2 unspecified atom stereocenters. The van der Waals surface area contributed by atoms with Gasteiger partial charge in [0.1, 0.15) is 0 Å². The number of amides is 1. The van der Waals surface area contributed by atoms with Gasteiger partial charge in [0.15, 0.2) is 0 Å². The van der Waals surface area contributed by atoms with Crippen molar-refractivity contribution < 1.29 is 4.79 Å². The largest absolute Gasteiger partial charge is 0.342 e. The predicted octanol–water partition coefficient (Wildman–Crippen LogP) is 4.78. The maximum Gasteiger partial charge on any atom is 0.222 e. The van der Waals surface area contributed by atoms with Crippen molar-refractivity contribution in [3.05, 3.63) is 0 Å². The molecule has 1 amide bonds. The maximum absolute atomic E-state index is 12.2. The van der Waals surface area contributed by atoms with Crippen molar-refractivity contribution >= 4 is 5.91 Å². The normalized spacial score (nSPS) is 36.0. The molecule has 0 aromatic heterocycles. The first-order valence-electron chi connectivity index (χ1n) is 8.80. The van der Waals surface area contributed by atoms with Crippen LogP contribution >= 0.6 is 0 Å². The van der Waals surface area contributed by atoms with E-state index in [2.05, 4.69) is 25.7 Å². The average molecular weight is 279 g/mol. The Labute approximate surface area is 125 Å². The van der Waals surface area contributed by atoms with Gasteiger partial charge in [0.25, 0.3) is 0 Å². The summed E-state index contributed by atoms with van der Waals surface area (Å²) in [6, 6.07) is 0. The van der Waals surface area contributed by atoms with Crippen LogP contribution < -0.4 is 0 Å². The molecule has 2 rings (SSSR count). The molecule has 1 heterocycles. The fraction of sp³-hybridized carbons (Fsp3) is 0.944. The SMILES string of the molecule is CCC1(C)CCCCC(CC)(CN2CCCCC2=O)C1. The van der Waals surface area contributed by atoms with Gasteiger partial charge in [-0.2, -0.15) is 0 Å². The third kappa shape index (κ3) is 3.56. The Morgan fingerprint density at radius 2 is 1.80 bits per heavy atom. The molecule has 0 aromatic rings. The summed E-state index contributed by atoms with van der Waals surface area (Å²) in [5, 5.41) is 0. The lowest BCUT2D eigenvalue weighted by Gasteiger charge is -2.43. The van der Waals surface area contributed by atoms with E-state index >= 15 is 0 Å². The summed E-state index contributed by atoms with van der Waals surface area (Å²) in [4.78, 5) is 14.4. The van der Waals surface area contributed by atoms with Crippen molar-refractivity contribution in [2.45, 2.75) is 85.0 Å². The van der Waals surface area contributed by atoms with E-state index in [1.54, 1.807) is 0 Å². The zero-order valence-corrected chi connectivity index (χ0v) is 13.8. The quantitative estimate of drug-likeness (QED) is 0.678. The van der Waals surface area contributed by atoms with Crippen LogP contribution in [0.25, 0.3) is 0 Å². The second-order valence-corrected chi connectivity index (χ2v) is 7.67. The highest BCUT2D eigenvalue weighted by Crippen LogP contribution is 2.48. The number of hydrogen-bond acceptors (Lipinski definition) is 1. The van der Waals surface area contributed by atoms with Gasteiger partial charge in [0.05, 0.1) is 0 Å². The Morgan fingerprint density at radius 1 is 1.05 bits per heavy atom. The fourth-order valence-corrected chi connectivity index (χ4v) is 4.42. The fourth-order valence-electron chi connectivity index (χ4n) is 4.42. The van der Waals surface area contributed by atoms with Gasteiger partial charge in [-0.3, -0.25) is 4.79 Å². The molecule has 0 spiro atoms. The van der Waals surface area contributed by atoms with Crippen molar-refractivity contribution in [1.29, 1.82) is 0 Å². The lowest BCUT2D eigenvalue weighted by atomic mass is 9.68. The average Bonchev–Trinajstić information content (AvgIpc) is 2.62. The molecule has 20 heavy (non-hydrogen) atoms. The highest BCUT2D eigenvalue weighted by atomic mass is 16.2. The molecule has 2 atom stereocenters.